The number of hydrogen-bond donors (Lipinski definition) is 2. The van der Waals surface area contributed by atoms with E-state index in [1.54, 1.807) is 55.5 Å². The number of nitrogens with zero attached hydrogens (tertiary/aromatic N) is 2. The molecule has 0 saturated carbocycles. The molecule has 190 valence electrons. The lowest BCUT2D eigenvalue weighted by Gasteiger charge is -2.29. The van der Waals surface area contributed by atoms with Gasteiger partial charge in [-0.2, -0.15) is 4.31 Å². The summed E-state index contributed by atoms with van der Waals surface area (Å²) in [5, 5.41) is 12.2. The number of sulfonamides is 1. The van der Waals surface area contributed by atoms with Crippen molar-refractivity contribution in [1.82, 2.24) is 14.5 Å². The van der Waals surface area contributed by atoms with E-state index >= 15 is 0 Å². The third kappa shape index (κ3) is 7.27. The van der Waals surface area contributed by atoms with Crippen molar-refractivity contribution in [2.75, 3.05) is 26.2 Å². The number of amides is 2. The average molecular weight is 522 g/mol. The van der Waals surface area contributed by atoms with Gasteiger partial charge in [-0.15, -0.1) is 0 Å². The third-order valence-corrected chi connectivity index (χ3v) is 8.26. The molecule has 0 unspecified atom stereocenters. The van der Waals surface area contributed by atoms with Gasteiger partial charge in [-0.3, -0.25) is 9.59 Å². The Hall–Kier alpha value is -2.46. The van der Waals surface area contributed by atoms with Crippen LogP contribution in [0.1, 0.15) is 37.3 Å². The normalized spacial score (nSPS) is 15.1. The maximum absolute atomic E-state index is 13.2. The number of halogens is 1. The standard InChI is InChI=1S/C25H32ClN3O5S/c1-19(25(32)27-14-17-30)29(18-21-4-9-22(26)10-5-21)24(31)13-8-20-6-11-23(12-7-20)35(33,34)28-15-2-3-16-28/h4-7,9-12,19,30H,2-3,8,13-18H2,1H3,(H,27,32)/t19-/m1/s1. The van der Waals surface area contributed by atoms with E-state index in [1.165, 1.54) is 9.21 Å². The number of aryl methyl sites for hydroxylation is 1. The average Bonchev–Trinajstić information content (AvgIpc) is 3.41. The van der Waals surface area contributed by atoms with Crippen LogP contribution in [-0.2, 0) is 32.6 Å². The summed E-state index contributed by atoms with van der Waals surface area (Å²) >= 11 is 5.97. The van der Waals surface area contributed by atoms with E-state index in [-0.39, 0.29) is 42.8 Å². The summed E-state index contributed by atoms with van der Waals surface area (Å²) in [6.07, 6.45) is 2.32. The number of carbonyl (C=O) groups excluding carboxylic acids is 2. The maximum Gasteiger partial charge on any atom is 0.243 e. The predicted molar refractivity (Wildman–Crippen MR) is 134 cm³/mol. The number of aliphatic hydroxyl groups is 1. The van der Waals surface area contributed by atoms with E-state index in [9.17, 15) is 18.0 Å². The summed E-state index contributed by atoms with van der Waals surface area (Å²) in [6, 6.07) is 13.0. The SMILES string of the molecule is C[C@H](C(=O)NCCO)N(Cc1ccc(Cl)cc1)C(=O)CCc1ccc(S(=O)(=O)N2CCCC2)cc1. The molecule has 2 N–H and O–H groups in total. The van der Waals surface area contributed by atoms with Crippen molar-refractivity contribution in [2.45, 2.75) is 50.1 Å². The van der Waals surface area contributed by atoms with Gasteiger partial charge >= 0.3 is 0 Å². The molecule has 0 aliphatic carbocycles. The highest BCUT2D eigenvalue weighted by molar-refractivity contribution is 7.89. The van der Waals surface area contributed by atoms with Crippen LogP contribution < -0.4 is 5.32 Å². The Balaban J connectivity index is 1.68. The second-order valence-corrected chi connectivity index (χ2v) is 11.0. The Morgan fingerprint density at radius 1 is 1.06 bits per heavy atom. The lowest BCUT2D eigenvalue weighted by atomic mass is 10.1. The number of hydrogen-bond acceptors (Lipinski definition) is 5. The van der Waals surface area contributed by atoms with Crippen molar-refractivity contribution in [1.29, 1.82) is 0 Å². The summed E-state index contributed by atoms with van der Waals surface area (Å²) in [7, 11) is -3.48. The van der Waals surface area contributed by atoms with Gasteiger partial charge in [0.1, 0.15) is 6.04 Å². The van der Waals surface area contributed by atoms with Crippen molar-refractivity contribution in [2.24, 2.45) is 0 Å². The van der Waals surface area contributed by atoms with E-state index in [0.717, 1.165) is 24.0 Å². The molecular formula is C25H32ClN3O5S. The Morgan fingerprint density at radius 3 is 2.26 bits per heavy atom. The molecule has 35 heavy (non-hydrogen) atoms. The van der Waals surface area contributed by atoms with Gasteiger partial charge in [-0.25, -0.2) is 8.42 Å². The molecule has 0 bridgehead atoms. The highest BCUT2D eigenvalue weighted by Crippen LogP contribution is 2.22. The number of nitrogens with one attached hydrogen (secondary N) is 1. The Kier molecular flexibility index (Phi) is 9.68. The second kappa shape index (κ2) is 12.5. The van der Waals surface area contributed by atoms with E-state index in [2.05, 4.69) is 5.32 Å². The maximum atomic E-state index is 13.2. The van der Waals surface area contributed by atoms with E-state index in [1.807, 2.05) is 0 Å². The quantitative estimate of drug-likeness (QED) is 0.472. The van der Waals surface area contributed by atoms with Crippen molar-refractivity contribution < 1.29 is 23.1 Å². The van der Waals surface area contributed by atoms with Crippen LogP contribution in [0.4, 0.5) is 0 Å². The highest BCUT2D eigenvalue weighted by Gasteiger charge is 2.28. The Morgan fingerprint density at radius 2 is 1.66 bits per heavy atom. The fourth-order valence-corrected chi connectivity index (χ4v) is 5.64. The van der Waals surface area contributed by atoms with Gasteiger partial charge in [0, 0.05) is 37.6 Å². The van der Waals surface area contributed by atoms with E-state index in [4.69, 9.17) is 16.7 Å². The van der Waals surface area contributed by atoms with Crippen LogP contribution in [0, 0.1) is 0 Å². The molecule has 1 fully saturated rings. The first-order valence-electron chi connectivity index (χ1n) is 11.7. The summed E-state index contributed by atoms with van der Waals surface area (Å²) in [5.74, 6) is -0.557. The predicted octanol–water partition coefficient (Wildman–Crippen LogP) is 2.58. The van der Waals surface area contributed by atoms with E-state index in [0.29, 0.717) is 24.5 Å². The van der Waals surface area contributed by atoms with Crippen LogP contribution >= 0.6 is 11.6 Å². The Labute approximate surface area is 211 Å². The van der Waals surface area contributed by atoms with Gasteiger partial charge in [0.15, 0.2) is 0 Å². The molecule has 1 heterocycles. The molecular weight excluding hydrogens is 490 g/mol. The fourth-order valence-electron chi connectivity index (χ4n) is 4.00. The van der Waals surface area contributed by atoms with Crippen LogP contribution in [0.3, 0.4) is 0 Å². The summed E-state index contributed by atoms with van der Waals surface area (Å²) in [5.41, 5.74) is 1.67. The first-order chi connectivity index (χ1) is 16.7. The smallest absolute Gasteiger partial charge is 0.243 e. The zero-order chi connectivity index (χ0) is 25.4. The summed E-state index contributed by atoms with van der Waals surface area (Å²) in [4.78, 5) is 27.4. The van der Waals surface area contributed by atoms with Crippen LogP contribution in [0.5, 0.6) is 0 Å². The minimum atomic E-state index is -3.48. The summed E-state index contributed by atoms with van der Waals surface area (Å²) < 4.78 is 26.9. The fraction of sp³-hybridized carbons (Fsp3) is 0.440. The third-order valence-electron chi connectivity index (χ3n) is 6.10. The van der Waals surface area contributed by atoms with Crippen molar-refractivity contribution in [3.8, 4) is 0 Å². The molecule has 10 heteroatoms. The molecule has 1 atom stereocenters. The van der Waals surface area contributed by atoms with Gasteiger partial charge in [-0.05, 0) is 61.6 Å². The number of carbonyl (C=O) groups is 2. The van der Waals surface area contributed by atoms with Crippen molar-refractivity contribution in [3.63, 3.8) is 0 Å². The lowest BCUT2D eigenvalue weighted by Crippen LogP contribution is -2.48. The van der Waals surface area contributed by atoms with Crippen LogP contribution in [0.15, 0.2) is 53.4 Å². The van der Waals surface area contributed by atoms with Crippen LogP contribution in [0.25, 0.3) is 0 Å². The first kappa shape index (κ1) is 27.1. The molecule has 2 aromatic carbocycles. The molecule has 0 spiro atoms. The largest absolute Gasteiger partial charge is 0.395 e. The second-order valence-electron chi connectivity index (χ2n) is 8.59. The van der Waals surface area contributed by atoms with E-state index < -0.39 is 16.1 Å². The Bertz CT molecular complexity index is 1100. The zero-order valence-corrected chi connectivity index (χ0v) is 21.4. The molecule has 3 rings (SSSR count). The zero-order valence-electron chi connectivity index (χ0n) is 19.8. The van der Waals surface area contributed by atoms with Gasteiger partial charge in [0.25, 0.3) is 0 Å². The van der Waals surface area contributed by atoms with Gasteiger partial charge in [0.2, 0.25) is 21.8 Å². The number of rotatable bonds is 11. The molecule has 0 aromatic heterocycles. The first-order valence-corrected chi connectivity index (χ1v) is 13.6. The molecule has 0 radical (unpaired) electrons. The topological polar surface area (TPSA) is 107 Å². The molecule has 1 aliphatic heterocycles. The highest BCUT2D eigenvalue weighted by atomic mass is 35.5. The lowest BCUT2D eigenvalue weighted by molar-refractivity contribution is -0.140. The van der Waals surface area contributed by atoms with Crippen LogP contribution in [-0.4, -0.2) is 66.8 Å². The van der Waals surface area contributed by atoms with Crippen molar-refractivity contribution >= 4 is 33.4 Å². The van der Waals surface area contributed by atoms with Crippen molar-refractivity contribution in [3.05, 3.63) is 64.7 Å². The summed E-state index contributed by atoms with van der Waals surface area (Å²) in [6.45, 7) is 2.90. The van der Waals surface area contributed by atoms with Crippen LogP contribution in [0.2, 0.25) is 5.02 Å². The number of benzene rings is 2. The molecule has 2 aromatic rings. The van der Waals surface area contributed by atoms with Gasteiger partial charge < -0.3 is 15.3 Å². The van der Waals surface area contributed by atoms with Gasteiger partial charge in [0.05, 0.1) is 11.5 Å². The monoisotopic (exact) mass is 521 g/mol. The molecule has 1 aliphatic rings. The molecule has 2 amide bonds. The molecule has 8 nitrogen and oxygen atoms in total. The minimum Gasteiger partial charge on any atom is -0.395 e. The van der Waals surface area contributed by atoms with Gasteiger partial charge in [-0.1, -0.05) is 35.9 Å². The number of aliphatic hydroxyl groups excluding tert-OH is 1. The molecule has 1 saturated heterocycles. The minimum absolute atomic E-state index is 0.110.